The van der Waals surface area contributed by atoms with E-state index in [0.717, 1.165) is 64.8 Å². The third-order valence-electron chi connectivity index (χ3n) is 10.4. The predicted octanol–water partition coefficient (Wildman–Crippen LogP) is 8.38. The number of ether oxygens (including phenoxy) is 2. The van der Waals surface area contributed by atoms with E-state index in [1.807, 2.05) is 84.3 Å². The number of hydrogen-bond donors (Lipinski definition) is 2. The molecular formula is C47H44N8O4. The van der Waals surface area contributed by atoms with E-state index >= 15 is 0 Å². The van der Waals surface area contributed by atoms with Gasteiger partial charge in [-0.05, 0) is 84.6 Å². The van der Waals surface area contributed by atoms with E-state index in [4.69, 9.17) is 9.47 Å². The van der Waals surface area contributed by atoms with Crippen LogP contribution >= 0.6 is 0 Å². The summed E-state index contributed by atoms with van der Waals surface area (Å²) in [5, 5.41) is 12.5. The molecule has 2 amide bonds. The van der Waals surface area contributed by atoms with Crippen molar-refractivity contribution in [2.75, 3.05) is 31.4 Å². The number of methoxy groups -OCH3 is 2. The summed E-state index contributed by atoms with van der Waals surface area (Å²) in [4.78, 5) is 38.4. The summed E-state index contributed by atoms with van der Waals surface area (Å²) in [7, 11) is 4.97. The molecular weight excluding hydrogens is 741 g/mol. The third kappa shape index (κ3) is 8.68. The number of nitrogens with zero attached hydrogens (tertiary/aromatic N) is 6. The van der Waals surface area contributed by atoms with Crippen molar-refractivity contribution in [3.05, 3.63) is 168 Å². The highest BCUT2D eigenvalue weighted by Crippen LogP contribution is 2.34. The molecule has 0 fully saturated rings. The predicted molar refractivity (Wildman–Crippen MR) is 230 cm³/mol. The first kappa shape index (κ1) is 38.6. The molecule has 12 heteroatoms. The largest absolute Gasteiger partial charge is 0.493 e. The van der Waals surface area contributed by atoms with Gasteiger partial charge in [0.05, 0.1) is 54.1 Å². The van der Waals surface area contributed by atoms with Gasteiger partial charge in [0.2, 0.25) is 0 Å². The molecule has 3 heterocycles. The smallest absolute Gasteiger partial charge is 0.257 e. The molecule has 8 aromatic rings. The van der Waals surface area contributed by atoms with Gasteiger partial charge in [0.1, 0.15) is 0 Å². The lowest BCUT2D eigenvalue weighted by atomic mass is 10.1. The number of para-hydroxylation sites is 1. The summed E-state index contributed by atoms with van der Waals surface area (Å²) in [5.74, 6) is -0.114. The highest BCUT2D eigenvalue weighted by atomic mass is 16.5. The van der Waals surface area contributed by atoms with E-state index in [1.54, 1.807) is 24.4 Å². The number of fused-ring (bicyclic) bond motifs is 2. The molecule has 0 bridgehead atoms. The van der Waals surface area contributed by atoms with Crippen LogP contribution in [0.5, 0.6) is 11.5 Å². The summed E-state index contributed by atoms with van der Waals surface area (Å²) >= 11 is 0. The van der Waals surface area contributed by atoms with E-state index < -0.39 is 11.8 Å². The Hall–Kier alpha value is -7.31. The molecule has 0 radical (unpaired) electrons. The van der Waals surface area contributed by atoms with Crippen molar-refractivity contribution in [2.45, 2.75) is 26.4 Å². The van der Waals surface area contributed by atoms with Crippen LogP contribution in [-0.2, 0) is 26.6 Å². The first-order valence-corrected chi connectivity index (χ1v) is 19.3. The molecule has 2 N–H and O–H groups in total. The minimum Gasteiger partial charge on any atom is -0.493 e. The zero-order chi connectivity index (χ0) is 40.9. The number of anilines is 2. The maximum atomic E-state index is 13.9. The van der Waals surface area contributed by atoms with Gasteiger partial charge in [-0.25, -0.2) is 4.98 Å². The Kier molecular flexibility index (Phi) is 11.1. The second-order valence-electron chi connectivity index (χ2n) is 14.4. The SMILES string of the molecule is COc1cc(NC(=O)c2cnc3ccccc3c2)c(C(=O)Nc2ccc(CCN(Cc3cccc(-n4ccnc4)c3)Cc3ccc4c(c3)c(C)nn4C)cc2)cc1OC. The molecule has 8 rings (SSSR count). The van der Waals surface area contributed by atoms with Gasteiger partial charge in [0, 0.05) is 73.5 Å². The van der Waals surface area contributed by atoms with E-state index in [9.17, 15) is 9.59 Å². The minimum absolute atomic E-state index is 0.209. The van der Waals surface area contributed by atoms with Crippen LogP contribution in [0.25, 0.3) is 27.5 Å². The van der Waals surface area contributed by atoms with Gasteiger partial charge in [-0.15, -0.1) is 0 Å². The number of pyridine rings is 1. The van der Waals surface area contributed by atoms with Crippen LogP contribution in [0.4, 0.5) is 11.4 Å². The van der Waals surface area contributed by atoms with E-state index in [1.165, 1.54) is 31.5 Å². The Labute approximate surface area is 342 Å². The molecule has 5 aromatic carbocycles. The summed E-state index contributed by atoms with van der Waals surface area (Å²) < 4.78 is 15.0. The Morgan fingerprint density at radius 1 is 0.780 bits per heavy atom. The van der Waals surface area contributed by atoms with Crippen molar-refractivity contribution >= 4 is 45.0 Å². The molecule has 0 aliphatic carbocycles. The fraction of sp³-hybridized carbons (Fsp3) is 0.170. The number of amides is 2. The number of rotatable bonds is 14. The van der Waals surface area contributed by atoms with Crippen molar-refractivity contribution in [3.8, 4) is 17.2 Å². The molecule has 0 aliphatic heterocycles. The number of benzene rings is 5. The zero-order valence-electron chi connectivity index (χ0n) is 33.3. The van der Waals surface area contributed by atoms with Crippen LogP contribution in [0.2, 0.25) is 0 Å². The maximum absolute atomic E-state index is 13.9. The second kappa shape index (κ2) is 17.0. The first-order valence-electron chi connectivity index (χ1n) is 19.3. The highest BCUT2D eigenvalue weighted by molar-refractivity contribution is 6.13. The molecule has 0 saturated heterocycles. The third-order valence-corrected chi connectivity index (χ3v) is 10.4. The van der Waals surface area contributed by atoms with Gasteiger partial charge in [0.15, 0.2) is 11.5 Å². The summed E-state index contributed by atoms with van der Waals surface area (Å²) in [6.45, 7) is 4.36. The standard InChI is InChI=1S/C47H44N8O4/c1-31-39-23-34(14-17-43(39)53(2)52-31)29-54(28-33-8-7-10-38(22-33)55-21-19-48-30-55)20-18-32-12-15-37(16-13-32)50-47(57)40-25-44(58-3)45(59-4)26-42(40)51-46(56)36-24-35-9-5-6-11-41(35)49-27-36/h5-17,19,21-27,30H,18,20,28-29H2,1-4H3,(H,50,57)(H,51,56). The Morgan fingerprint density at radius 2 is 1.54 bits per heavy atom. The molecule has 12 nitrogen and oxygen atoms in total. The van der Waals surface area contributed by atoms with Crippen molar-refractivity contribution in [1.29, 1.82) is 0 Å². The monoisotopic (exact) mass is 784 g/mol. The van der Waals surface area contributed by atoms with Gasteiger partial charge in [-0.1, -0.05) is 48.5 Å². The first-order chi connectivity index (χ1) is 28.7. The minimum atomic E-state index is -0.421. The Morgan fingerprint density at radius 3 is 2.32 bits per heavy atom. The van der Waals surface area contributed by atoms with Gasteiger partial charge < -0.3 is 24.7 Å². The lowest BCUT2D eigenvalue weighted by Gasteiger charge is -2.23. The van der Waals surface area contributed by atoms with Crippen LogP contribution in [-0.4, -0.2) is 61.8 Å². The number of carbonyl (C=O) groups is 2. The topological polar surface area (TPSA) is 128 Å². The summed E-state index contributed by atoms with van der Waals surface area (Å²) in [6, 6.07) is 35.4. The Bertz CT molecular complexity index is 2780. The van der Waals surface area contributed by atoms with Gasteiger partial charge >= 0.3 is 0 Å². The van der Waals surface area contributed by atoms with Crippen LogP contribution in [0, 0.1) is 6.92 Å². The number of imidazole rings is 1. The maximum Gasteiger partial charge on any atom is 0.257 e. The highest BCUT2D eigenvalue weighted by Gasteiger charge is 2.20. The normalized spacial score (nSPS) is 11.3. The molecule has 0 unspecified atom stereocenters. The number of aromatic nitrogens is 5. The zero-order valence-corrected chi connectivity index (χ0v) is 33.3. The van der Waals surface area contributed by atoms with Crippen molar-refractivity contribution in [3.63, 3.8) is 0 Å². The summed E-state index contributed by atoms with van der Waals surface area (Å²) in [6.07, 6.45) is 7.85. The van der Waals surface area contributed by atoms with E-state index in [-0.39, 0.29) is 11.3 Å². The molecule has 59 heavy (non-hydrogen) atoms. The quantitative estimate of drug-likeness (QED) is 0.113. The average Bonchev–Trinajstić information content (AvgIpc) is 3.90. The number of aryl methyl sites for hydroxylation is 2. The number of nitrogens with one attached hydrogen (secondary N) is 2. The average molecular weight is 785 g/mol. The van der Waals surface area contributed by atoms with Crippen LogP contribution in [0.1, 0.15) is 43.1 Å². The van der Waals surface area contributed by atoms with Crippen LogP contribution in [0.3, 0.4) is 0 Å². The lowest BCUT2D eigenvalue weighted by molar-refractivity contribution is 0.102. The Balaban J connectivity index is 0.982. The van der Waals surface area contributed by atoms with Crippen LogP contribution in [0.15, 0.2) is 134 Å². The van der Waals surface area contributed by atoms with E-state index in [0.29, 0.717) is 22.7 Å². The molecule has 0 spiro atoms. The number of hydrogen-bond acceptors (Lipinski definition) is 8. The van der Waals surface area contributed by atoms with Crippen LogP contribution < -0.4 is 20.1 Å². The fourth-order valence-corrected chi connectivity index (χ4v) is 7.34. The van der Waals surface area contributed by atoms with E-state index in [2.05, 4.69) is 73.1 Å². The fourth-order valence-electron chi connectivity index (χ4n) is 7.34. The molecule has 296 valence electrons. The van der Waals surface area contributed by atoms with Gasteiger partial charge in [-0.3, -0.25) is 24.2 Å². The summed E-state index contributed by atoms with van der Waals surface area (Å²) in [5.41, 5.74) is 8.96. The van der Waals surface area contributed by atoms with Crippen molar-refractivity contribution in [2.24, 2.45) is 7.05 Å². The molecule has 0 aliphatic rings. The number of carbonyl (C=O) groups excluding carboxylic acids is 2. The molecule has 0 atom stereocenters. The second-order valence-corrected chi connectivity index (χ2v) is 14.4. The van der Waals surface area contributed by atoms with Gasteiger partial charge in [-0.2, -0.15) is 5.10 Å². The molecule has 0 saturated carbocycles. The van der Waals surface area contributed by atoms with Crippen molar-refractivity contribution < 1.29 is 19.1 Å². The van der Waals surface area contributed by atoms with Gasteiger partial charge in [0.25, 0.3) is 11.8 Å². The molecule has 3 aromatic heterocycles. The lowest BCUT2D eigenvalue weighted by Crippen LogP contribution is -2.25. The van der Waals surface area contributed by atoms with Crippen molar-refractivity contribution in [1.82, 2.24) is 29.2 Å².